The number of nitrogens with two attached hydrogens (primary N) is 1. The molecule has 0 spiro atoms. The number of carboxylic acid groups (broad SMARTS) is 1. The van der Waals surface area contributed by atoms with Gasteiger partial charge in [-0.05, 0) is 19.4 Å². The Kier molecular flexibility index (Phi) is 1.85. The Hall–Kier alpha value is -2.11. The molecule has 6 heteroatoms. The summed E-state index contributed by atoms with van der Waals surface area (Å²) in [6.07, 6.45) is 1.31. The Morgan fingerprint density at radius 3 is 2.73 bits per heavy atom. The van der Waals surface area contributed by atoms with Gasteiger partial charge in [0.15, 0.2) is 5.82 Å². The van der Waals surface area contributed by atoms with Gasteiger partial charge in [-0.3, -0.25) is 0 Å². The van der Waals surface area contributed by atoms with E-state index in [1.807, 2.05) is 0 Å². The molecular weight excluding hydrogens is 196 g/mol. The van der Waals surface area contributed by atoms with Crippen LogP contribution in [0.3, 0.4) is 0 Å². The van der Waals surface area contributed by atoms with Crippen LogP contribution in [0.1, 0.15) is 21.6 Å². The number of aromatic carboxylic acids is 1. The largest absolute Gasteiger partial charge is 0.478 e. The van der Waals surface area contributed by atoms with Crippen LogP contribution in [-0.2, 0) is 0 Å². The van der Waals surface area contributed by atoms with E-state index in [0.29, 0.717) is 16.8 Å². The first-order valence-corrected chi connectivity index (χ1v) is 4.35. The molecule has 0 atom stereocenters. The van der Waals surface area contributed by atoms with Crippen molar-refractivity contribution in [3.63, 3.8) is 0 Å². The van der Waals surface area contributed by atoms with Gasteiger partial charge in [0, 0.05) is 0 Å². The molecule has 0 unspecified atom stereocenters. The summed E-state index contributed by atoms with van der Waals surface area (Å²) in [6, 6.07) is 0. The monoisotopic (exact) mass is 206 g/mol. The molecule has 3 N–H and O–H groups in total. The second-order valence-electron chi connectivity index (χ2n) is 3.30. The summed E-state index contributed by atoms with van der Waals surface area (Å²) in [5, 5.41) is 13.0. The highest BCUT2D eigenvalue weighted by molar-refractivity contribution is 5.95. The number of aryl methyl sites for hydroxylation is 2. The number of carboxylic acids is 1. The van der Waals surface area contributed by atoms with Gasteiger partial charge in [0.25, 0.3) is 0 Å². The molecule has 0 radical (unpaired) electrons. The van der Waals surface area contributed by atoms with Crippen LogP contribution < -0.4 is 5.73 Å². The molecule has 78 valence electrons. The lowest BCUT2D eigenvalue weighted by Crippen LogP contribution is -2.01. The lowest BCUT2D eigenvalue weighted by Gasteiger charge is -1.97. The number of hydrogen-bond acceptors (Lipinski definition) is 4. The van der Waals surface area contributed by atoms with Gasteiger partial charge in [-0.1, -0.05) is 0 Å². The van der Waals surface area contributed by atoms with Gasteiger partial charge in [0.2, 0.25) is 0 Å². The van der Waals surface area contributed by atoms with Gasteiger partial charge in [0.05, 0.1) is 11.3 Å². The zero-order valence-corrected chi connectivity index (χ0v) is 8.35. The SMILES string of the molecule is Cc1c(C(=O)O)c(C)n2ncnc(N)c12. The zero-order chi connectivity index (χ0) is 11.2. The second-order valence-corrected chi connectivity index (χ2v) is 3.30. The minimum absolute atomic E-state index is 0.238. The molecule has 0 aliphatic carbocycles. The molecule has 0 amide bonds. The Labute approximate surface area is 85.3 Å². The highest BCUT2D eigenvalue weighted by atomic mass is 16.4. The number of fused-ring (bicyclic) bond motifs is 1. The summed E-state index contributed by atoms with van der Waals surface area (Å²) in [4.78, 5) is 14.9. The fourth-order valence-electron chi connectivity index (χ4n) is 1.78. The van der Waals surface area contributed by atoms with Gasteiger partial charge in [-0.25, -0.2) is 14.3 Å². The van der Waals surface area contributed by atoms with E-state index < -0.39 is 5.97 Å². The van der Waals surface area contributed by atoms with Crippen LogP contribution in [0.2, 0.25) is 0 Å². The van der Waals surface area contributed by atoms with E-state index in [9.17, 15) is 4.79 Å². The molecule has 0 aromatic carbocycles. The normalized spacial score (nSPS) is 10.8. The third-order valence-electron chi connectivity index (χ3n) is 2.44. The number of rotatable bonds is 1. The summed E-state index contributed by atoms with van der Waals surface area (Å²) >= 11 is 0. The van der Waals surface area contributed by atoms with E-state index >= 15 is 0 Å². The molecule has 0 bridgehead atoms. The number of nitrogen functional groups attached to an aromatic ring is 1. The topological polar surface area (TPSA) is 93.5 Å². The van der Waals surface area contributed by atoms with E-state index in [2.05, 4.69) is 10.1 Å². The lowest BCUT2D eigenvalue weighted by molar-refractivity contribution is 0.0695. The third kappa shape index (κ3) is 1.14. The van der Waals surface area contributed by atoms with E-state index in [1.165, 1.54) is 10.8 Å². The van der Waals surface area contributed by atoms with Crippen LogP contribution in [0.25, 0.3) is 5.52 Å². The van der Waals surface area contributed by atoms with Crippen molar-refractivity contribution in [2.24, 2.45) is 0 Å². The van der Waals surface area contributed by atoms with Crippen molar-refractivity contribution >= 4 is 17.3 Å². The van der Waals surface area contributed by atoms with Gasteiger partial charge in [0.1, 0.15) is 11.8 Å². The predicted molar refractivity (Wildman–Crippen MR) is 53.8 cm³/mol. The van der Waals surface area contributed by atoms with Crippen LogP contribution in [0, 0.1) is 13.8 Å². The van der Waals surface area contributed by atoms with Crippen molar-refractivity contribution in [1.29, 1.82) is 0 Å². The van der Waals surface area contributed by atoms with E-state index in [0.717, 1.165) is 0 Å². The summed E-state index contributed by atoms with van der Waals surface area (Å²) in [7, 11) is 0. The van der Waals surface area contributed by atoms with Crippen LogP contribution in [0.15, 0.2) is 6.33 Å². The molecule has 2 aromatic rings. The lowest BCUT2D eigenvalue weighted by atomic mass is 10.1. The molecule has 15 heavy (non-hydrogen) atoms. The quantitative estimate of drug-likeness (QED) is 0.713. The minimum atomic E-state index is -0.977. The van der Waals surface area contributed by atoms with Crippen LogP contribution >= 0.6 is 0 Å². The van der Waals surface area contributed by atoms with Crippen LogP contribution in [0.4, 0.5) is 5.82 Å². The van der Waals surface area contributed by atoms with Crippen molar-refractivity contribution < 1.29 is 9.90 Å². The zero-order valence-electron chi connectivity index (χ0n) is 8.35. The van der Waals surface area contributed by atoms with E-state index in [-0.39, 0.29) is 11.4 Å². The first-order valence-electron chi connectivity index (χ1n) is 4.35. The maximum atomic E-state index is 11.0. The maximum absolute atomic E-state index is 11.0. The number of carbonyl (C=O) groups is 1. The fraction of sp³-hybridized carbons (Fsp3) is 0.222. The molecule has 2 aromatic heterocycles. The molecule has 0 saturated heterocycles. The average molecular weight is 206 g/mol. The van der Waals surface area contributed by atoms with Gasteiger partial charge >= 0.3 is 5.97 Å². The van der Waals surface area contributed by atoms with E-state index in [1.54, 1.807) is 13.8 Å². The number of anilines is 1. The van der Waals surface area contributed by atoms with Crippen molar-refractivity contribution in [2.75, 3.05) is 5.73 Å². The molecule has 0 saturated carbocycles. The van der Waals surface area contributed by atoms with Crippen molar-refractivity contribution in [2.45, 2.75) is 13.8 Å². The van der Waals surface area contributed by atoms with E-state index in [4.69, 9.17) is 10.8 Å². The van der Waals surface area contributed by atoms with Crippen molar-refractivity contribution in [3.05, 3.63) is 23.1 Å². The average Bonchev–Trinajstić information content (AvgIpc) is 2.40. The standard InChI is InChI=1S/C9H10N4O2/c1-4-6(9(14)15)5(2)13-7(4)8(10)11-3-12-13/h3H,1-2H3,(H,14,15)(H2,10,11,12). The molecule has 0 aliphatic heterocycles. The summed E-state index contributed by atoms with van der Waals surface area (Å²) in [6.45, 7) is 3.39. The first kappa shape index (κ1) is 9.45. The Bertz CT molecular complexity index is 559. The number of nitrogens with zero attached hydrogens (tertiary/aromatic N) is 3. The van der Waals surface area contributed by atoms with Crippen molar-refractivity contribution in [1.82, 2.24) is 14.6 Å². The van der Waals surface area contributed by atoms with Crippen molar-refractivity contribution in [3.8, 4) is 0 Å². The number of aromatic nitrogens is 3. The second kappa shape index (κ2) is 2.94. The summed E-state index contributed by atoms with van der Waals surface area (Å²) in [5.74, 6) is -0.687. The molecule has 2 rings (SSSR count). The highest BCUT2D eigenvalue weighted by Gasteiger charge is 2.20. The minimum Gasteiger partial charge on any atom is -0.478 e. The van der Waals surface area contributed by atoms with Gasteiger partial charge in [-0.15, -0.1) is 0 Å². The molecular formula is C9H10N4O2. The third-order valence-corrected chi connectivity index (χ3v) is 2.44. The highest BCUT2D eigenvalue weighted by Crippen LogP contribution is 2.24. The fourth-order valence-corrected chi connectivity index (χ4v) is 1.78. The van der Waals surface area contributed by atoms with Crippen LogP contribution in [-0.4, -0.2) is 25.7 Å². The first-order chi connectivity index (χ1) is 7.04. The number of hydrogen-bond donors (Lipinski definition) is 2. The molecule has 0 aliphatic rings. The molecule has 0 fully saturated rings. The maximum Gasteiger partial charge on any atom is 0.337 e. The molecule has 2 heterocycles. The van der Waals surface area contributed by atoms with Gasteiger partial charge < -0.3 is 10.8 Å². The Morgan fingerprint density at radius 1 is 1.53 bits per heavy atom. The summed E-state index contributed by atoms with van der Waals surface area (Å²) < 4.78 is 1.50. The Morgan fingerprint density at radius 2 is 2.20 bits per heavy atom. The molecule has 6 nitrogen and oxygen atoms in total. The van der Waals surface area contributed by atoms with Gasteiger partial charge in [-0.2, -0.15) is 5.10 Å². The predicted octanol–water partition coefficient (Wildman–Crippen LogP) is 0.627. The smallest absolute Gasteiger partial charge is 0.337 e. The van der Waals surface area contributed by atoms with Crippen LogP contribution in [0.5, 0.6) is 0 Å². The Balaban J connectivity index is 2.98. The summed E-state index contributed by atoms with van der Waals surface area (Å²) in [5.41, 5.74) is 7.63.